The second-order valence-corrected chi connectivity index (χ2v) is 6.26. The van der Waals surface area contributed by atoms with Gasteiger partial charge in [-0.05, 0) is 30.8 Å². The Hall–Kier alpha value is -0.980. The van der Waals surface area contributed by atoms with Gasteiger partial charge in [0.05, 0.1) is 13.2 Å². The van der Waals surface area contributed by atoms with Crippen LogP contribution in [-0.4, -0.2) is 14.2 Å². The lowest BCUT2D eigenvalue weighted by molar-refractivity contribution is 0.403. The highest BCUT2D eigenvalue weighted by molar-refractivity contribution is 9.11. The lowest BCUT2D eigenvalue weighted by Crippen LogP contribution is -2.20. The van der Waals surface area contributed by atoms with Gasteiger partial charge in [0.1, 0.15) is 17.4 Å². The van der Waals surface area contributed by atoms with Gasteiger partial charge in [-0.15, -0.1) is 0 Å². The van der Waals surface area contributed by atoms with Crippen molar-refractivity contribution in [2.24, 2.45) is 0 Å². The number of nitrogens with one attached hydrogen (secondary N) is 1. The van der Waals surface area contributed by atoms with E-state index in [1.807, 2.05) is 18.2 Å². The predicted molar refractivity (Wildman–Crippen MR) is 85.7 cm³/mol. The van der Waals surface area contributed by atoms with Crippen molar-refractivity contribution in [2.45, 2.75) is 6.04 Å². The largest absolute Gasteiger partial charge is 0.497 e. The monoisotopic (exact) mass is 419 g/mol. The maximum absolute atomic E-state index is 14.2. The van der Waals surface area contributed by atoms with Gasteiger partial charge in [0, 0.05) is 26.6 Å². The number of ether oxygens (including phenoxy) is 1. The lowest BCUT2D eigenvalue weighted by Gasteiger charge is -2.20. The van der Waals surface area contributed by atoms with Crippen LogP contribution in [0.1, 0.15) is 17.2 Å². The second kappa shape index (κ2) is 6.85. The van der Waals surface area contributed by atoms with Crippen molar-refractivity contribution >= 4 is 31.9 Å². The third-order valence-electron chi connectivity index (χ3n) is 3.08. The van der Waals surface area contributed by atoms with Crippen molar-refractivity contribution in [3.63, 3.8) is 0 Å². The highest BCUT2D eigenvalue weighted by Gasteiger charge is 2.22. The molecule has 2 nitrogen and oxygen atoms in total. The molecule has 21 heavy (non-hydrogen) atoms. The molecule has 0 amide bonds. The van der Waals surface area contributed by atoms with E-state index in [-0.39, 0.29) is 11.3 Å². The average molecular weight is 421 g/mol. The van der Waals surface area contributed by atoms with E-state index in [0.717, 1.165) is 14.5 Å². The number of benzene rings is 2. The molecule has 0 heterocycles. The van der Waals surface area contributed by atoms with Crippen LogP contribution in [0.25, 0.3) is 0 Å². The minimum Gasteiger partial charge on any atom is -0.497 e. The zero-order valence-electron chi connectivity index (χ0n) is 11.4. The van der Waals surface area contributed by atoms with Crippen LogP contribution < -0.4 is 10.1 Å². The van der Waals surface area contributed by atoms with Gasteiger partial charge in [-0.1, -0.05) is 31.9 Å². The molecule has 6 heteroatoms. The van der Waals surface area contributed by atoms with E-state index in [9.17, 15) is 8.78 Å². The van der Waals surface area contributed by atoms with E-state index >= 15 is 0 Å². The molecule has 0 aliphatic carbocycles. The Morgan fingerprint density at radius 2 is 1.52 bits per heavy atom. The first kappa shape index (κ1) is 16.4. The van der Waals surface area contributed by atoms with Crippen LogP contribution in [0.5, 0.6) is 5.75 Å². The van der Waals surface area contributed by atoms with Crippen LogP contribution in [0.15, 0.2) is 39.3 Å². The summed E-state index contributed by atoms with van der Waals surface area (Å²) in [6.07, 6.45) is 0. The van der Waals surface area contributed by atoms with Gasteiger partial charge < -0.3 is 10.1 Å². The maximum Gasteiger partial charge on any atom is 0.134 e. The molecule has 1 unspecified atom stereocenters. The fourth-order valence-electron chi connectivity index (χ4n) is 2.17. The summed E-state index contributed by atoms with van der Waals surface area (Å²) in [5.74, 6) is -1.15. The fraction of sp³-hybridized carbons (Fsp3) is 0.200. The molecular weight excluding hydrogens is 408 g/mol. The number of rotatable bonds is 4. The summed E-state index contributed by atoms with van der Waals surface area (Å²) < 4.78 is 35.0. The van der Waals surface area contributed by atoms with Crippen LogP contribution in [0.4, 0.5) is 8.78 Å². The Balaban J connectivity index is 2.56. The average Bonchev–Trinajstić information content (AvgIpc) is 2.41. The first-order valence-electron chi connectivity index (χ1n) is 6.12. The lowest BCUT2D eigenvalue weighted by atomic mass is 9.97. The molecule has 1 N–H and O–H groups in total. The molecule has 0 bridgehead atoms. The molecule has 0 aliphatic rings. The van der Waals surface area contributed by atoms with Crippen LogP contribution in [-0.2, 0) is 0 Å². The Bertz CT molecular complexity index is 621. The summed E-state index contributed by atoms with van der Waals surface area (Å²) in [5.41, 5.74) is 0.699. The summed E-state index contributed by atoms with van der Waals surface area (Å²) in [5, 5.41) is 2.95. The van der Waals surface area contributed by atoms with E-state index < -0.39 is 17.7 Å². The Kier molecular flexibility index (Phi) is 5.35. The van der Waals surface area contributed by atoms with Gasteiger partial charge in [0.2, 0.25) is 0 Å². The maximum atomic E-state index is 14.2. The molecular formula is C15H13Br2F2NO. The number of hydrogen-bond donors (Lipinski definition) is 1. The van der Waals surface area contributed by atoms with Gasteiger partial charge in [-0.3, -0.25) is 0 Å². The second-order valence-electron chi connectivity index (χ2n) is 4.43. The van der Waals surface area contributed by atoms with E-state index in [4.69, 9.17) is 4.74 Å². The van der Waals surface area contributed by atoms with E-state index in [1.165, 1.54) is 19.2 Å². The van der Waals surface area contributed by atoms with E-state index in [2.05, 4.69) is 37.2 Å². The third-order valence-corrected chi connectivity index (χ3v) is 4.00. The van der Waals surface area contributed by atoms with Crippen LogP contribution >= 0.6 is 31.9 Å². The molecule has 0 spiro atoms. The first-order valence-corrected chi connectivity index (χ1v) is 7.71. The van der Waals surface area contributed by atoms with Gasteiger partial charge in [-0.2, -0.15) is 0 Å². The molecule has 1 atom stereocenters. The minimum atomic E-state index is -0.651. The van der Waals surface area contributed by atoms with Gasteiger partial charge in [0.15, 0.2) is 0 Å². The molecule has 0 aromatic heterocycles. The van der Waals surface area contributed by atoms with Gasteiger partial charge >= 0.3 is 0 Å². The van der Waals surface area contributed by atoms with E-state index in [1.54, 1.807) is 7.05 Å². The molecule has 0 aliphatic heterocycles. The normalized spacial score (nSPS) is 12.3. The predicted octanol–water partition coefficient (Wildman–Crippen LogP) is 4.81. The smallest absolute Gasteiger partial charge is 0.134 e. The zero-order valence-corrected chi connectivity index (χ0v) is 14.6. The molecule has 2 rings (SSSR count). The molecule has 0 radical (unpaired) electrons. The number of hydrogen-bond acceptors (Lipinski definition) is 2. The van der Waals surface area contributed by atoms with Crippen LogP contribution in [0.2, 0.25) is 0 Å². The standard InChI is InChI=1S/C15H13Br2F2NO/c1-20-15(8-3-9(16)5-10(17)4-8)14-12(18)6-11(21-2)7-13(14)19/h3-7,15,20H,1-2H3. The number of halogens is 4. The Morgan fingerprint density at radius 3 is 1.95 bits per heavy atom. The quantitative estimate of drug-likeness (QED) is 0.766. The Morgan fingerprint density at radius 1 is 1.00 bits per heavy atom. The topological polar surface area (TPSA) is 21.3 Å². The van der Waals surface area contributed by atoms with Crippen molar-refractivity contribution in [3.8, 4) is 5.75 Å². The van der Waals surface area contributed by atoms with Crippen molar-refractivity contribution in [1.29, 1.82) is 0 Å². The van der Waals surface area contributed by atoms with Crippen molar-refractivity contribution in [2.75, 3.05) is 14.2 Å². The molecule has 112 valence electrons. The highest BCUT2D eigenvalue weighted by Crippen LogP contribution is 2.32. The highest BCUT2D eigenvalue weighted by atomic mass is 79.9. The molecule has 0 saturated carbocycles. The molecule has 0 saturated heterocycles. The summed E-state index contributed by atoms with van der Waals surface area (Å²) in [7, 11) is 3.03. The summed E-state index contributed by atoms with van der Waals surface area (Å²) in [6.45, 7) is 0. The van der Waals surface area contributed by atoms with Crippen molar-refractivity contribution in [3.05, 3.63) is 62.0 Å². The number of methoxy groups -OCH3 is 1. The minimum absolute atomic E-state index is 0.0386. The third kappa shape index (κ3) is 3.62. The molecule has 0 fully saturated rings. The van der Waals surface area contributed by atoms with Crippen molar-refractivity contribution in [1.82, 2.24) is 5.32 Å². The van der Waals surface area contributed by atoms with Crippen LogP contribution in [0.3, 0.4) is 0 Å². The first-order chi connectivity index (χ1) is 9.96. The summed E-state index contributed by atoms with van der Waals surface area (Å²) >= 11 is 6.76. The van der Waals surface area contributed by atoms with Gasteiger partial charge in [0.25, 0.3) is 0 Å². The molecule has 2 aromatic rings. The molecule has 2 aromatic carbocycles. The van der Waals surface area contributed by atoms with E-state index in [0.29, 0.717) is 0 Å². The summed E-state index contributed by atoms with van der Waals surface area (Å²) in [6, 6.07) is 7.23. The summed E-state index contributed by atoms with van der Waals surface area (Å²) in [4.78, 5) is 0. The van der Waals surface area contributed by atoms with Crippen LogP contribution in [0, 0.1) is 11.6 Å². The zero-order chi connectivity index (χ0) is 15.6. The SMILES string of the molecule is CNC(c1cc(Br)cc(Br)c1)c1c(F)cc(OC)cc1F. The van der Waals surface area contributed by atoms with Gasteiger partial charge in [-0.25, -0.2) is 8.78 Å². The van der Waals surface area contributed by atoms with Crippen molar-refractivity contribution < 1.29 is 13.5 Å². The Labute approximate surface area is 138 Å². The fourth-order valence-corrected chi connectivity index (χ4v) is 3.50.